The normalized spacial score (nSPS) is 11.8. The van der Waals surface area contributed by atoms with Crippen LogP contribution in [0.4, 0.5) is 0 Å². The predicted molar refractivity (Wildman–Crippen MR) is 182 cm³/mol. The Kier molecular flexibility index (Phi) is 5.67. The van der Waals surface area contributed by atoms with E-state index in [9.17, 15) is 0 Å². The number of hydrogen-bond acceptors (Lipinski definition) is 0. The molecular formula is C39H29BrN2. The fourth-order valence-electron chi connectivity index (χ4n) is 6.52. The summed E-state index contributed by atoms with van der Waals surface area (Å²) in [6.07, 6.45) is 0. The van der Waals surface area contributed by atoms with Gasteiger partial charge in [0.2, 0.25) is 0 Å². The third-order valence-corrected chi connectivity index (χ3v) is 9.04. The lowest BCUT2D eigenvalue weighted by Gasteiger charge is -2.11. The molecule has 2 nitrogen and oxygen atoms in total. The average Bonchev–Trinajstić information content (AvgIpc) is 3.48. The van der Waals surface area contributed by atoms with Crippen molar-refractivity contribution in [3.05, 3.63) is 142 Å². The van der Waals surface area contributed by atoms with Crippen molar-refractivity contribution in [3.8, 4) is 22.5 Å². The number of halogens is 1. The smallest absolute Gasteiger partial charge is 0.0541 e. The van der Waals surface area contributed by atoms with E-state index >= 15 is 0 Å². The maximum absolute atomic E-state index is 3.67. The molecule has 0 N–H and O–H groups in total. The molecule has 42 heavy (non-hydrogen) atoms. The number of fused-ring (bicyclic) bond motifs is 6. The maximum atomic E-state index is 3.67. The predicted octanol–water partition coefficient (Wildman–Crippen LogP) is 11.2. The van der Waals surface area contributed by atoms with Crippen molar-refractivity contribution in [2.24, 2.45) is 0 Å². The summed E-state index contributed by atoms with van der Waals surface area (Å²) in [5.74, 6) is 0. The monoisotopic (exact) mass is 604 g/mol. The molecule has 0 fully saturated rings. The largest absolute Gasteiger partial charge is 0.309 e. The Hall–Kier alpha value is -4.60. The first kappa shape index (κ1) is 25.1. The Balaban J connectivity index is 1.20. The van der Waals surface area contributed by atoms with Gasteiger partial charge < -0.3 is 9.13 Å². The first-order chi connectivity index (χ1) is 20.4. The van der Waals surface area contributed by atoms with Gasteiger partial charge in [-0.1, -0.05) is 75.1 Å². The molecule has 0 atom stereocenters. The lowest BCUT2D eigenvalue weighted by molar-refractivity contribution is 1.17. The highest BCUT2D eigenvalue weighted by Crippen LogP contribution is 2.36. The molecule has 8 rings (SSSR count). The van der Waals surface area contributed by atoms with Gasteiger partial charge in [-0.05, 0) is 111 Å². The highest BCUT2D eigenvalue weighted by Gasteiger charge is 2.15. The second kappa shape index (κ2) is 9.47. The van der Waals surface area contributed by atoms with Gasteiger partial charge in [0.15, 0.2) is 0 Å². The van der Waals surface area contributed by atoms with Crippen LogP contribution in [0.15, 0.2) is 126 Å². The zero-order chi connectivity index (χ0) is 28.5. The summed E-state index contributed by atoms with van der Waals surface area (Å²) >= 11 is 3.67. The highest BCUT2D eigenvalue weighted by molar-refractivity contribution is 9.10. The van der Waals surface area contributed by atoms with Gasteiger partial charge in [-0.3, -0.25) is 0 Å². The second-order valence-corrected chi connectivity index (χ2v) is 12.4. The molecule has 3 heteroatoms. The number of aryl methyl sites for hydroxylation is 3. The van der Waals surface area contributed by atoms with Gasteiger partial charge in [0.1, 0.15) is 0 Å². The van der Waals surface area contributed by atoms with Gasteiger partial charge in [0.25, 0.3) is 0 Å². The van der Waals surface area contributed by atoms with E-state index < -0.39 is 0 Å². The van der Waals surface area contributed by atoms with Crippen LogP contribution in [0.3, 0.4) is 0 Å². The summed E-state index contributed by atoms with van der Waals surface area (Å²) in [4.78, 5) is 0. The molecule has 202 valence electrons. The van der Waals surface area contributed by atoms with Gasteiger partial charge in [0, 0.05) is 37.4 Å². The first-order valence-corrected chi connectivity index (χ1v) is 15.2. The minimum Gasteiger partial charge on any atom is -0.309 e. The molecule has 0 saturated carbocycles. The number of aromatic nitrogens is 2. The summed E-state index contributed by atoms with van der Waals surface area (Å²) in [6.45, 7) is 6.49. The van der Waals surface area contributed by atoms with Gasteiger partial charge >= 0.3 is 0 Å². The topological polar surface area (TPSA) is 9.86 Å². The summed E-state index contributed by atoms with van der Waals surface area (Å²) < 4.78 is 5.86. The molecule has 2 heterocycles. The molecule has 0 saturated heterocycles. The standard InChI is InChI=1S/C39H29BrN2/c1-24-4-16-36-32(20-24)33-21-25(2)5-17-37(33)41(36)30-12-7-27(8-13-30)28-9-14-31(15-10-28)42-38-18-6-26(3)22-34(38)35-23-29(40)11-19-39(35)42/h4-23H,1-3H3. The van der Waals surface area contributed by atoms with Crippen molar-refractivity contribution in [1.29, 1.82) is 0 Å². The lowest BCUT2D eigenvalue weighted by atomic mass is 10.0. The Labute approximate surface area is 253 Å². The van der Waals surface area contributed by atoms with Crippen molar-refractivity contribution in [2.75, 3.05) is 0 Å². The summed E-state index contributed by atoms with van der Waals surface area (Å²) in [6, 6.07) is 44.7. The minimum absolute atomic E-state index is 1.10. The van der Waals surface area contributed by atoms with E-state index in [1.807, 2.05) is 0 Å². The SMILES string of the molecule is Cc1ccc2c(c1)c1cc(C)ccc1n2-c1ccc(-c2ccc(-n3c4ccc(C)cc4c4cc(Br)ccc43)cc2)cc1. The highest BCUT2D eigenvalue weighted by atomic mass is 79.9. The molecule has 0 radical (unpaired) electrons. The van der Waals surface area contributed by atoms with Crippen LogP contribution in [0.2, 0.25) is 0 Å². The maximum Gasteiger partial charge on any atom is 0.0541 e. The molecule has 0 spiro atoms. The number of hydrogen-bond donors (Lipinski definition) is 0. The Bertz CT molecular complexity index is 2030. The average molecular weight is 606 g/mol. The van der Waals surface area contributed by atoms with E-state index in [0.29, 0.717) is 0 Å². The van der Waals surface area contributed by atoms with Gasteiger partial charge in [-0.25, -0.2) is 0 Å². The fourth-order valence-corrected chi connectivity index (χ4v) is 6.88. The molecular weight excluding hydrogens is 576 g/mol. The van der Waals surface area contributed by atoms with Crippen LogP contribution < -0.4 is 0 Å². The van der Waals surface area contributed by atoms with Crippen LogP contribution in [0.1, 0.15) is 16.7 Å². The van der Waals surface area contributed by atoms with Crippen molar-refractivity contribution in [2.45, 2.75) is 20.8 Å². The number of benzene rings is 6. The van der Waals surface area contributed by atoms with E-state index in [1.54, 1.807) is 0 Å². The Morgan fingerprint density at radius 1 is 0.381 bits per heavy atom. The number of nitrogens with zero attached hydrogens (tertiary/aromatic N) is 2. The van der Waals surface area contributed by atoms with Crippen LogP contribution in [0.5, 0.6) is 0 Å². The Morgan fingerprint density at radius 2 is 0.714 bits per heavy atom. The Morgan fingerprint density at radius 3 is 1.10 bits per heavy atom. The van der Waals surface area contributed by atoms with Crippen LogP contribution in [-0.4, -0.2) is 9.13 Å². The van der Waals surface area contributed by atoms with Crippen molar-refractivity contribution < 1.29 is 0 Å². The molecule has 6 aromatic carbocycles. The van der Waals surface area contributed by atoms with Gasteiger partial charge in [-0.15, -0.1) is 0 Å². The third kappa shape index (κ3) is 3.92. The molecule has 8 aromatic rings. The van der Waals surface area contributed by atoms with E-state index in [4.69, 9.17) is 0 Å². The first-order valence-electron chi connectivity index (χ1n) is 14.4. The van der Waals surface area contributed by atoms with Crippen molar-refractivity contribution in [3.63, 3.8) is 0 Å². The zero-order valence-electron chi connectivity index (χ0n) is 23.8. The van der Waals surface area contributed by atoms with Crippen LogP contribution in [-0.2, 0) is 0 Å². The third-order valence-electron chi connectivity index (χ3n) is 8.54. The van der Waals surface area contributed by atoms with Crippen LogP contribution >= 0.6 is 15.9 Å². The molecule has 0 aliphatic rings. The molecule has 0 unspecified atom stereocenters. The molecule has 0 bridgehead atoms. The summed E-state index contributed by atoms with van der Waals surface area (Å²) in [5, 5.41) is 5.15. The van der Waals surface area contributed by atoms with E-state index in [1.165, 1.54) is 77.1 Å². The van der Waals surface area contributed by atoms with E-state index in [2.05, 4.69) is 167 Å². The minimum atomic E-state index is 1.10. The lowest BCUT2D eigenvalue weighted by Crippen LogP contribution is -1.95. The van der Waals surface area contributed by atoms with Crippen LogP contribution in [0, 0.1) is 20.8 Å². The number of rotatable bonds is 3. The summed E-state index contributed by atoms with van der Waals surface area (Å²) in [5.41, 5.74) is 13.5. The molecule has 0 aliphatic heterocycles. The van der Waals surface area contributed by atoms with Crippen LogP contribution in [0.25, 0.3) is 66.1 Å². The molecule has 0 amide bonds. The van der Waals surface area contributed by atoms with Gasteiger partial charge in [-0.2, -0.15) is 0 Å². The quantitative estimate of drug-likeness (QED) is 0.190. The van der Waals surface area contributed by atoms with Crippen molar-refractivity contribution in [1.82, 2.24) is 9.13 Å². The molecule has 0 aliphatic carbocycles. The fraction of sp³-hybridized carbons (Fsp3) is 0.0769. The molecule has 2 aromatic heterocycles. The van der Waals surface area contributed by atoms with Gasteiger partial charge in [0.05, 0.1) is 22.1 Å². The second-order valence-electron chi connectivity index (χ2n) is 11.5. The summed E-state index contributed by atoms with van der Waals surface area (Å²) in [7, 11) is 0. The van der Waals surface area contributed by atoms with E-state index in [0.717, 1.165) is 10.2 Å². The zero-order valence-corrected chi connectivity index (χ0v) is 25.4. The van der Waals surface area contributed by atoms with Crippen molar-refractivity contribution >= 4 is 59.5 Å². The van der Waals surface area contributed by atoms with E-state index in [-0.39, 0.29) is 0 Å².